The molecule has 5 heteroatoms. The minimum absolute atomic E-state index is 0.554. The summed E-state index contributed by atoms with van der Waals surface area (Å²) < 4.78 is 10.5. The highest BCUT2D eigenvalue weighted by atomic mass is 35.5. The zero-order valence-electron chi connectivity index (χ0n) is 14.4. The second kappa shape index (κ2) is 7.23. The molecule has 3 rings (SSSR count). The van der Waals surface area contributed by atoms with E-state index in [1.807, 2.05) is 30.3 Å². The maximum absolute atomic E-state index is 12.5. The van der Waals surface area contributed by atoms with Crippen molar-refractivity contribution in [3.63, 3.8) is 0 Å². The van der Waals surface area contributed by atoms with Gasteiger partial charge in [-0.3, -0.25) is 9.59 Å². The molecule has 0 amide bonds. The van der Waals surface area contributed by atoms with Gasteiger partial charge in [0.1, 0.15) is 0 Å². The predicted molar refractivity (Wildman–Crippen MR) is 97.3 cm³/mol. The van der Waals surface area contributed by atoms with Gasteiger partial charge in [0.05, 0.1) is 5.92 Å². The van der Waals surface area contributed by atoms with E-state index in [1.165, 1.54) is 13.8 Å². The minimum atomic E-state index is -1.28. The van der Waals surface area contributed by atoms with Gasteiger partial charge in [0, 0.05) is 24.4 Å². The van der Waals surface area contributed by atoms with Gasteiger partial charge in [-0.05, 0) is 29.8 Å². The van der Waals surface area contributed by atoms with Crippen LogP contribution in [0.5, 0.6) is 0 Å². The fraction of sp³-hybridized carbons (Fsp3) is 0.238. The van der Waals surface area contributed by atoms with Crippen LogP contribution < -0.4 is 0 Å². The first kappa shape index (κ1) is 18.0. The first-order valence-electron chi connectivity index (χ1n) is 8.13. The van der Waals surface area contributed by atoms with Crippen molar-refractivity contribution in [3.05, 3.63) is 70.7 Å². The lowest BCUT2D eigenvalue weighted by Gasteiger charge is -2.34. The molecule has 1 saturated heterocycles. The molecule has 0 radical (unpaired) electrons. The molecule has 2 aromatic rings. The summed E-state index contributed by atoms with van der Waals surface area (Å²) in [6.45, 7) is 3.04. The normalized spacial score (nSPS) is 17.5. The predicted octanol–water partition coefficient (Wildman–Crippen LogP) is 3.93. The zero-order valence-corrected chi connectivity index (χ0v) is 15.1. The number of cyclic esters (lactones) is 2. The molecular weight excluding hydrogens is 352 g/mol. The monoisotopic (exact) mass is 368 g/mol. The van der Waals surface area contributed by atoms with Gasteiger partial charge in [0.2, 0.25) is 0 Å². The quantitative estimate of drug-likeness (QED) is 0.458. The topological polar surface area (TPSA) is 52.6 Å². The van der Waals surface area contributed by atoms with Gasteiger partial charge in [0.15, 0.2) is 5.92 Å². The Labute approximate surface area is 157 Å². The fourth-order valence-electron chi connectivity index (χ4n) is 2.71. The summed E-state index contributed by atoms with van der Waals surface area (Å²) in [5.41, 5.74) is 1.47. The van der Waals surface area contributed by atoms with E-state index in [0.29, 0.717) is 10.6 Å². The summed E-state index contributed by atoms with van der Waals surface area (Å²) in [7, 11) is 0. The summed E-state index contributed by atoms with van der Waals surface area (Å²) in [6, 6.07) is 16.2. The average molecular weight is 369 g/mol. The lowest BCUT2D eigenvalue weighted by Crippen LogP contribution is -2.48. The van der Waals surface area contributed by atoms with E-state index in [0.717, 1.165) is 5.56 Å². The van der Waals surface area contributed by atoms with Crippen molar-refractivity contribution in [2.75, 3.05) is 0 Å². The highest BCUT2D eigenvalue weighted by molar-refractivity contribution is 6.30. The highest BCUT2D eigenvalue weighted by Crippen LogP contribution is 2.33. The lowest BCUT2D eigenvalue weighted by molar-refractivity contribution is -0.240. The van der Waals surface area contributed by atoms with E-state index in [-0.39, 0.29) is 0 Å². The molecule has 1 unspecified atom stereocenters. The van der Waals surface area contributed by atoms with Gasteiger partial charge in [-0.25, -0.2) is 0 Å². The summed E-state index contributed by atoms with van der Waals surface area (Å²) in [6.07, 6.45) is 0. The van der Waals surface area contributed by atoms with Gasteiger partial charge < -0.3 is 9.47 Å². The van der Waals surface area contributed by atoms with Crippen LogP contribution in [0.3, 0.4) is 0 Å². The first-order chi connectivity index (χ1) is 12.4. The van der Waals surface area contributed by atoms with Crippen LogP contribution >= 0.6 is 11.6 Å². The number of halogens is 1. The van der Waals surface area contributed by atoms with Crippen LogP contribution in [0.15, 0.2) is 54.6 Å². The molecule has 1 aliphatic rings. The standard InChI is InChI=1S/C21H17ClO4/c1-21(2)25-19(23)18(20(24)26-21)17(15-9-11-16(22)12-10-15)13-8-14-6-4-3-5-7-14/h3-7,9-12,17-18H,1-2H3. The van der Waals surface area contributed by atoms with Crippen molar-refractivity contribution in [2.45, 2.75) is 25.6 Å². The molecule has 0 aromatic heterocycles. The second-order valence-corrected chi connectivity index (χ2v) is 6.82. The molecule has 1 atom stereocenters. The molecule has 0 N–H and O–H groups in total. The van der Waals surface area contributed by atoms with Crippen LogP contribution in [0, 0.1) is 17.8 Å². The van der Waals surface area contributed by atoms with E-state index in [9.17, 15) is 9.59 Å². The number of ether oxygens (including phenoxy) is 2. The van der Waals surface area contributed by atoms with E-state index in [2.05, 4.69) is 11.8 Å². The van der Waals surface area contributed by atoms with Crippen LogP contribution in [0.1, 0.15) is 30.9 Å². The van der Waals surface area contributed by atoms with E-state index >= 15 is 0 Å². The molecule has 0 bridgehead atoms. The van der Waals surface area contributed by atoms with Crippen molar-refractivity contribution in [2.24, 2.45) is 5.92 Å². The van der Waals surface area contributed by atoms with Crippen LogP contribution in [-0.2, 0) is 19.1 Å². The number of rotatable bonds is 2. The maximum atomic E-state index is 12.5. The van der Waals surface area contributed by atoms with E-state index in [1.54, 1.807) is 24.3 Å². The molecule has 1 heterocycles. The third-order valence-corrected chi connectivity index (χ3v) is 4.16. The van der Waals surface area contributed by atoms with Gasteiger partial charge in [-0.2, -0.15) is 0 Å². The number of carbonyl (C=O) groups is 2. The Balaban J connectivity index is 2.01. The number of benzene rings is 2. The summed E-state index contributed by atoms with van der Waals surface area (Å²) >= 11 is 5.95. The van der Waals surface area contributed by atoms with Gasteiger partial charge in [-0.1, -0.05) is 53.8 Å². The van der Waals surface area contributed by atoms with E-state index < -0.39 is 29.6 Å². The van der Waals surface area contributed by atoms with Crippen molar-refractivity contribution >= 4 is 23.5 Å². The molecule has 2 aromatic carbocycles. The van der Waals surface area contributed by atoms with Gasteiger partial charge >= 0.3 is 11.9 Å². The van der Waals surface area contributed by atoms with Crippen LogP contribution in [0.4, 0.5) is 0 Å². The number of hydrogen-bond donors (Lipinski definition) is 0. The summed E-state index contributed by atoms with van der Waals surface area (Å²) in [5.74, 6) is 1.63. The Morgan fingerprint density at radius 1 is 0.962 bits per heavy atom. The Bertz CT molecular complexity index is 856. The SMILES string of the molecule is CC1(C)OC(=O)C(C(C#Cc2ccccc2)c2ccc(Cl)cc2)C(=O)O1. The molecule has 26 heavy (non-hydrogen) atoms. The Hall–Kier alpha value is -2.77. The molecule has 4 nitrogen and oxygen atoms in total. The van der Waals surface area contributed by atoms with Crippen molar-refractivity contribution in [1.29, 1.82) is 0 Å². The number of carbonyl (C=O) groups excluding carboxylic acids is 2. The third kappa shape index (κ3) is 4.07. The van der Waals surface area contributed by atoms with E-state index in [4.69, 9.17) is 21.1 Å². The van der Waals surface area contributed by atoms with Crippen molar-refractivity contribution < 1.29 is 19.1 Å². The lowest BCUT2D eigenvalue weighted by atomic mass is 9.85. The van der Waals surface area contributed by atoms with Crippen LogP contribution in [-0.4, -0.2) is 17.7 Å². The minimum Gasteiger partial charge on any atom is -0.422 e. The molecule has 0 spiro atoms. The smallest absolute Gasteiger partial charge is 0.325 e. The summed E-state index contributed by atoms with van der Waals surface area (Å²) in [4.78, 5) is 25.0. The largest absolute Gasteiger partial charge is 0.422 e. The number of esters is 2. The molecule has 0 saturated carbocycles. The zero-order chi connectivity index (χ0) is 18.7. The van der Waals surface area contributed by atoms with Crippen LogP contribution in [0.25, 0.3) is 0 Å². The molecule has 0 aliphatic carbocycles. The highest BCUT2D eigenvalue weighted by Gasteiger charge is 2.47. The molecule has 1 fully saturated rings. The third-order valence-electron chi connectivity index (χ3n) is 3.91. The van der Waals surface area contributed by atoms with Gasteiger partial charge in [0.25, 0.3) is 5.79 Å². The number of hydrogen-bond acceptors (Lipinski definition) is 4. The molecule has 132 valence electrons. The Morgan fingerprint density at radius 3 is 2.12 bits per heavy atom. The second-order valence-electron chi connectivity index (χ2n) is 6.38. The molecular formula is C21H17ClO4. The van der Waals surface area contributed by atoms with Crippen molar-refractivity contribution in [3.8, 4) is 11.8 Å². The Kier molecular flexibility index (Phi) is 5.01. The average Bonchev–Trinajstić information content (AvgIpc) is 2.58. The van der Waals surface area contributed by atoms with Crippen molar-refractivity contribution in [1.82, 2.24) is 0 Å². The summed E-state index contributed by atoms with van der Waals surface area (Å²) in [5, 5.41) is 0.554. The Morgan fingerprint density at radius 2 is 1.54 bits per heavy atom. The molecule has 1 aliphatic heterocycles. The fourth-order valence-corrected chi connectivity index (χ4v) is 2.84. The van der Waals surface area contributed by atoms with Crippen LogP contribution in [0.2, 0.25) is 5.02 Å². The maximum Gasteiger partial charge on any atom is 0.325 e. The van der Waals surface area contributed by atoms with Gasteiger partial charge in [-0.15, -0.1) is 0 Å². The first-order valence-corrected chi connectivity index (χ1v) is 8.51.